The van der Waals surface area contributed by atoms with Crippen molar-refractivity contribution in [1.82, 2.24) is 5.32 Å². The minimum Gasteiger partial charge on any atom is -0.313 e. The van der Waals surface area contributed by atoms with Crippen LogP contribution in [0.15, 0.2) is 6.07 Å². The Labute approximate surface area is 75.4 Å². The van der Waals surface area contributed by atoms with Gasteiger partial charge in [0.1, 0.15) is 0 Å². The Balaban J connectivity index is 2.32. The summed E-state index contributed by atoms with van der Waals surface area (Å²) >= 11 is 7.62. The molecule has 1 aliphatic rings. The summed E-state index contributed by atoms with van der Waals surface area (Å²) in [6.07, 6.45) is 2.43. The summed E-state index contributed by atoms with van der Waals surface area (Å²) in [7, 11) is 0. The molecule has 0 atom stereocenters. The smallest absolute Gasteiger partial charge is 0.0934 e. The highest BCUT2D eigenvalue weighted by molar-refractivity contribution is 7.16. The molecule has 1 aromatic heterocycles. The van der Waals surface area contributed by atoms with Gasteiger partial charge in [-0.2, -0.15) is 0 Å². The van der Waals surface area contributed by atoms with Gasteiger partial charge in [0.2, 0.25) is 0 Å². The van der Waals surface area contributed by atoms with Gasteiger partial charge in [-0.05, 0) is 31.0 Å². The van der Waals surface area contributed by atoms with E-state index in [9.17, 15) is 0 Å². The number of halogens is 1. The van der Waals surface area contributed by atoms with Crippen LogP contribution in [0.25, 0.3) is 0 Å². The van der Waals surface area contributed by atoms with Gasteiger partial charge in [0.05, 0.1) is 4.34 Å². The maximum Gasteiger partial charge on any atom is 0.0934 e. The molecule has 0 aliphatic carbocycles. The van der Waals surface area contributed by atoms with Crippen LogP contribution in [0.3, 0.4) is 0 Å². The summed E-state index contributed by atoms with van der Waals surface area (Å²) in [5.41, 5.74) is 1.40. The Hall–Kier alpha value is -0.0500. The topological polar surface area (TPSA) is 12.0 Å². The fourth-order valence-corrected chi connectivity index (χ4v) is 2.74. The molecule has 0 amide bonds. The second kappa shape index (κ2) is 3.13. The first kappa shape index (κ1) is 7.59. The van der Waals surface area contributed by atoms with Gasteiger partial charge in [-0.15, -0.1) is 11.3 Å². The van der Waals surface area contributed by atoms with Crippen LogP contribution in [0.2, 0.25) is 4.34 Å². The molecule has 0 bridgehead atoms. The predicted molar refractivity (Wildman–Crippen MR) is 49.4 cm³/mol. The van der Waals surface area contributed by atoms with Crippen LogP contribution in [0.4, 0.5) is 0 Å². The molecule has 2 heterocycles. The van der Waals surface area contributed by atoms with Crippen molar-refractivity contribution < 1.29 is 0 Å². The monoisotopic (exact) mass is 187 g/mol. The van der Waals surface area contributed by atoms with Gasteiger partial charge in [0, 0.05) is 11.4 Å². The zero-order valence-corrected chi connectivity index (χ0v) is 7.76. The van der Waals surface area contributed by atoms with Crippen LogP contribution in [0.5, 0.6) is 0 Å². The minimum atomic E-state index is 0.929. The summed E-state index contributed by atoms with van der Waals surface area (Å²) in [4.78, 5) is 1.47. The van der Waals surface area contributed by atoms with E-state index in [0.717, 1.165) is 17.4 Å². The van der Waals surface area contributed by atoms with Crippen molar-refractivity contribution in [2.45, 2.75) is 19.4 Å². The van der Waals surface area contributed by atoms with E-state index in [1.54, 1.807) is 11.3 Å². The van der Waals surface area contributed by atoms with E-state index in [2.05, 4.69) is 11.4 Å². The van der Waals surface area contributed by atoms with Gasteiger partial charge in [0.25, 0.3) is 0 Å². The number of hydrogen-bond acceptors (Lipinski definition) is 2. The molecular weight excluding hydrogens is 178 g/mol. The van der Waals surface area contributed by atoms with E-state index in [1.165, 1.54) is 23.3 Å². The first-order valence-electron chi connectivity index (χ1n) is 3.84. The summed E-state index contributed by atoms with van der Waals surface area (Å²) in [6, 6.07) is 2.08. The highest BCUT2D eigenvalue weighted by Gasteiger charge is 2.10. The number of fused-ring (bicyclic) bond motifs is 1. The predicted octanol–water partition coefficient (Wildman–Crippen LogP) is 2.44. The standard InChI is InChI=1S/C8H10ClNS/c9-8-4-6-5-10-3-1-2-7(6)11-8/h4,10H,1-3,5H2. The third kappa shape index (κ3) is 1.58. The SMILES string of the molecule is Clc1cc2c(s1)CCCNC2. The molecule has 0 spiro atoms. The van der Waals surface area contributed by atoms with E-state index < -0.39 is 0 Å². The molecule has 1 aliphatic heterocycles. The van der Waals surface area contributed by atoms with Crippen LogP contribution in [0.1, 0.15) is 16.9 Å². The lowest BCUT2D eigenvalue weighted by atomic mass is 10.2. The summed E-state index contributed by atoms with van der Waals surface area (Å²) in [6.45, 7) is 2.14. The quantitative estimate of drug-likeness (QED) is 0.658. The molecule has 0 unspecified atom stereocenters. The van der Waals surface area contributed by atoms with Gasteiger partial charge in [-0.3, -0.25) is 0 Å². The number of thiophene rings is 1. The fraction of sp³-hybridized carbons (Fsp3) is 0.500. The highest BCUT2D eigenvalue weighted by Crippen LogP contribution is 2.28. The molecular formula is C8H10ClNS. The normalized spacial score (nSPS) is 17.5. The molecule has 3 heteroatoms. The summed E-state index contributed by atoms with van der Waals surface area (Å²) < 4.78 is 0.929. The van der Waals surface area contributed by atoms with Crippen LogP contribution in [-0.4, -0.2) is 6.54 Å². The zero-order valence-electron chi connectivity index (χ0n) is 6.19. The van der Waals surface area contributed by atoms with Gasteiger partial charge in [-0.25, -0.2) is 0 Å². The van der Waals surface area contributed by atoms with Crippen molar-refractivity contribution in [3.63, 3.8) is 0 Å². The number of hydrogen-bond donors (Lipinski definition) is 1. The lowest BCUT2D eigenvalue weighted by molar-refractivity contribution is 0.681. The maximum atomic E-state index is 5.89. The largest absolute Gasteiger partial charge is 0.313 e. The van der Waals surface area contributed by atoms with Crippen molar-refractivity contribution in [2.75, 3.05) is 6.54 Å². The third-order valence-corrected chi connectivity index (χ3v) is 3.31. The number of rotatable bonds is 0. The molecule has 1 aromatic rings. The molecule has 11 heavy (non-hydrogen) atoms. The average molecular weight is 188 g/mol. The Morgan fingerprint density at radius 1 is 1.55 bits per heavy atom. The van der Waals surface area contributed by atoms with Crippen molar-refractivity contribution in [1.29, 1.82) is 0 Å². The second-order valence-corrected chi connectivity index (χ2v) is 4.55. The van der Waals surface area contributed by atoms with E-state index in [0.29, 0.717) is 0 Å². The molecule has 2 rings (SSSR count). The van der Waals surface area contributed by atoms with Gasteiger partial charge >= 0.3 is 0 Å². The van der Waals surface area contributed by atoms with Gasteiger partial charge < -0.3 is 5.32 Å². The fourth-order valence-electron chi connectivity index (χ4n) is 1.39. The van der Waals surface area contributed by atoms with Gasteiger partial charge in [-0.1, -0.05) is 11.6 Å². The van der Waals surface area contributed by atoms with E-state index in [1.807, 2.05) is 0 Å². The lowest BCUT2D eigenvalue weighted by Gasteiger charge is -1.94. The molecule has 0 aromatic carbocycles. The Kier molecular flexibility index (Phi) is 2.16. The van der Waals surface area contributed by atoms with Crippen LogP contribution >= 0.6 is 22.9 Å². The van der Waals surface area contributed by atoms with Crippen molar-refractivity contribution in [2.24, 2.45) is 0 Å². The first-order valence-corrected chi connectivity index (χ1v) is 5.03. The lowest BCUT2D eigenvalue weighted by Crippen LogP contribution is -2.11. The molecule has 1 N–H and O–H groups in total. The summed E-state index contributed by atoms with van der Waals surface area (Å²) in [5, 5.41) is 3.36. The Bertz CT molecular complexity index is 233. The Morgan fingerprint density at radius 2 is 2.45 bits per heavy atom. The molecule has 0 fully saturated rings. The average Bonchev–Trinajstić information content (AvgIpc) is 2.17. The van der Waals surface area contributed by atoms with Crippen molar-refractivity contribution in [3.8, 4) is 0 Å². The third-order valence-electron chi connectivity index (χ3n) is 1.94. The highest BCUT2D eigenvalue weighted by atomic mass is 35.5. The van der Waals surface area contributed by atoms with E-state index in [-0.39, 0.29) is 0 Å². The number of nitrogens with one attached hydrogen (secondary N) is 1. The van der Waals surface area contributed by atoms with Crippen LogP contribution in [0, 0.1) is 0 Å². The molecule has 0 saturated heterocycles. The molecule has 1 nitrogen and oxygen atoms in total. The van der Waals surface area contributed by atoms with Crippen LogP contribution < -0.4 is 5.32 Å². The second-order valence-electron chi connectivity index (χ2n) is 2.78. The van der Waals surface area contributed by atoms with Crippen molar-refractivity contribution >= 4 is 22.9 Å². The summed E-state index contributed by atoms with van der Waals surface area (Å²) in [5.74, 6) is 0. The van der Waals surface area contributed by atoms with E-state index in [4.69, 9.17) is 11.6 Å². The molecule has 0 saturated carbocycles. The molecule has 60 valence electrons. The zero-order chi connectivity index (χ0) is 7.68. The van der Waals surface area contributed by atoms with Gasteiger partial charge in [0.15, 0.2) is 0 Å². The maximum absolute atomic E-state index is 5.89. The van der Waals surface area contributed by atoms with Crippen molar-refractivity contribution in [3.05, 3.63) is 20.8 Å². The first-order chi connectivity index (χ1) is 5.36. The van der Waals surface area contributed by atoms with E-state index >= 15 is 0 Å². The molecule has 0 radical (unpaired) electrons. The van der Waals surface area contributed by atoms with Crippen LogP contribution in [-0.2, 0) is 13.0 Å². The Morgan fingerprint density at radius 3 is 3.36 bits per heavy atom. The number of aryl methyl sites for hydroxylation is 1. The minimum absolute atomic E-state index is 0.929.